The van der Waals surface area contributed by atoms with E-state index in [9.17, 15) is 8.78 Å². The number of halogens is 2. The zero-order chi connectivity index (χ0) is 12.3. The first-order valence-electron chi connectivity index (χ1n) is 4.76. The minimum atomic E-state index is -0.811. The first-order valence-corrected chi connectivity index (χ1v) is 4.76. The monoisotopic (exact) mass is 241 g/mol. The summed E-state index contributed by atoms with van der Waals surface area (Å²) < 4.78 is 36.3. The van der Waals surface area contributed by atoms with E-state index in [2.05, 4.69) is 14.7 Å². The average molecular weight is 241 g/mol. The fourth-order valence-corrected chi connectivity index (χ4v) is 1.26. The van der Waals surface area contributed by atoms with Gasteiger partial charge in [0.2, 0.25) is 12.2 Å². The summed E-state index contributed by atoms with van der Waals surface area (Å²) in [4.78, 5) is 3.66. The van der Waals surface area contributed by atoms with Gasteiger partial charge in [-0.2, -0.15) is 4.98 Å². The SMILES string of the molecule is NCc1cc(F)c(OCc2ncon2)c(F)c1. The number of hydrogen-bond donors (Lipinski definition) is 1. The molecule has 0 amide bonds. The molecule has 17 heavy (non-hydrogen) atoms. The van der Waals surface area contributed by atoms with Crippen LogP contribution in [-0.4, -0.2) is 10.1 Å². The van der Waals surface area contributed by atoms with Crippen LogP contribution >= 0.6 is 0 Å². The zero-order valence-electron chi connectivity index (χ0n) is 8.69. The molecule has 1 aromatic heterocycles. The average Bonchev–Trinajstić information content (AvgIpc) is 2.80. The fourth-order valence-electron chi connectivity index (χ4n) is 1.26. The van der Waals surface area contributed by atoms with Gasteiger partial charge in [0.25, 0.3) is 0 Å². The van der Waals surface area contributed by atoms with Gasteiger partial charge in [-0.25, -0.2) is 8.78 Å². The molecular formula is C10H9F2N3O2. The predicted octanol–water partition coefficient (Wildman–Crippen LogP) is 1.39. The van der Waals surface area contributed by atoms with Crippen LogP contribution in [0.15, 0.2) is 23.0 Å². The number of benzene rings is 1. The maximum absolute atomic E-state index is 13.4. The van der Waals surface area contributed by atoms with Gasteiger partial charge >= 0.3 is 0 Å². The van der Waals surface area contributed by atoms with Gasteiger partial charge in [-0.1, -0.05) is 5.16 Å². The lowest BCUT2D eigenvalue weighted by molar-refractivity contribution is 0.259. The maximum atomic E-state index is 13.4. The molecule has 2 N–H and O–H groups in total. The molecular weight excluding hydrogens is 232 g/mol. The largest absolute Gasteiger partial charge is 0.479 e. The van der Waals surface area contributed by atoms with Gasteiger partial charge in [-0.15, -0.1) is 0 Å². The fraction of sp³-hybridized carbons (Fsp3) is 0.200. The normalized spacial score (nSPS) is 10.5. The van der Waals surface area contributed by atoms with Crippen molar-refractivity contribution in [1.82, 2.24) is 10.1 Å². The summed E-state index contributed by atoms with van der Waals surface area (Å²) >= 11 is 0. The van der Waals surface area contributed by atoms with Crippen molar-refractivity contribution in [2.45, 2.75) is 13.2 Å². The summed E-state index contributed by atoms with van der Waals surface area (Å²) in [5.41, 5.74) is 5.64. The highest BCUT2D eigenvalue weighted by molar-refractivity contribution is 5.31. The molecule has 7 heteroatoms. The van der Waals surface area contributed by atoms with Crippen molar-refractivity contribution in [3.63, 3.8) is 0 Å². The Bertz CT molecular complexity index is 479. The van der Waals surface area contributed by atoms with Crippen molar-refractivity contribution in [2.24, 2.45) is 5.73 Å². The van der Waals surface area contributed by atoms with E-state index in [0.29, 0.717) is 5.56 Å². The van der Waals surface area contributed by atoms with Crippen molar-refractivity contribution < 1.29 is 18.0 Å². The third-order valence-electron chi connectivity index (χ3n) is 2.05. The van der Waals surface area contributed by atoms with E-state index >= 15 is 0 Å². The van der Waals surface area contributed by atoms with E-state index < -0.39 is 17.4 Å². The van der Waals surface area contributed by atoms with Crippen molar-refractivity contribution in [2.75, 3.05) is 0 Å². The van der Waals surface area contributed by atoms with Crippen LogP contribution in [0.3, 0.4) is 0 Å². The molecule has 0 bridgehead atoms. The lowest BCUT2D eigenvalue weighted by Crippen LogP contribution is -2.04. The van der Waals surface area contributed by atoms with Gasteiger partial charge in [0.1, 0.15) is 0 Å². The summed E-state index contributed by atoms with van der Waals surface area (Å²) in [7, 11) is 0. The Kier molecular flexibility index (Phi) is 3.29. The minimum absolute atomic E-state index is 0.0545. The topological polar surface area (TPSA) is 74.2 Å². The molecule has 1 heterocycles. The first kappa shape index (κ1) is 11.5. The molecule has 1 aromatic carbocycles. The Balaban J connectivity index is 2.15. The highest BCUT2D eigenvalue weighted by atomic mass is 19.1. The lowest BCUT2D eigenvalue weighted by atomic mass is 10.2. The quantitative estimate of drug-likeness (QED) is 0.875. The maximum Gasteiger partial charge on any atom is 0.213 e. The molecule has 0 unspecified atom stereocenters. The Hall–Kier alpha value is -2.02. The van der Waals surface area contributed by atoms with Gasteiger partial charge in [-0.05, 0) is 17.7 Å². The second-order valence-corrected chi connectivity index (χ2v) is 3.23. The van der Waals surface area contributed by atoms with Crippen molar-refractivity contribution in [1.29, 1.82) is 0 Å². The number of nitrogens with two attached hydrogens (primary N) is 1. The van der Waals surface area contributed by atoms with E-state index in [1.807, 2.05) is 0 Å². The van der Waals surface area contributed by atoms with E-state index in [1.54, 1.807) is 0 Å². The van der Waals surface area contributed by atoms with Crippen LogP contribution in [0.1, 0.15) is 11.4 Å². The zero-order valence-corrected chi connectivity index (χ0v) is 8.69. The molecule has 0 radical (unpaired) electrons. The predicted molar refractivity (Wildman–Crippen MR) is 52.9 cm³/mol. The Morgan fingerprint density at radius 2 is 2.00 bits per heavy atom. The number of rotatable bonds is 4. The van der Waals surface area contributed by atoms with Crippen molar-refractivity contribution >= 4 is 0 Å². The second kappa shape index (κ2) is 4.88. The molecule has 0 saturated heterocycles. The van der Waals surface area contributed by atoms with Gasteiger partial charge < -0.3 is 15.0 Å². The minimum Gasteiger partial charge on any atom is -0.479 e. The molecule has 0 spiro atoms. The van der Waals surface area contributed by atoms with E-state index in [0.717, 1.165) is 18.5 Å². The van der Waals surface area contributed by atoms with Gasteiger partial charge in [0, 0.05) is 6.54 Å². The highest BCUT2D eigenvalue weighted by Gasteiger charge is 2.13. The van der Waals surface area contributed by atoms with E-state index in [1.165, 1.54) is 0 Å². The number of hydrogen-bond acceptors (Lipinski definition) is 5. The molecule has 0 saturated carbocycles. The number of aromatic nitrogens is 2. The van der Waals surface area contributed by atoms with Crippen LogP contribution in [0.5, 0.6) is 5.75 Å². The third kappa shape index (κ3) is 2.56. The molecule has 0 aliphatic carbocycles. The summed E-state index contributed by atoms with van der Waals surface area (Å²) in [5.74, 6) is -1.90. The Morgan fingerprint density at radius 1 is 1.29 bits per heavy atom. The molecule has 90 valence electrons. The van der Waals surface area contributed by atoms with Gasteiger partial charge in [-0.3, -0.25) is 0 Å². The van der Waals surface area contributed by atoms with Crippen LogP contribution in [0.25, 0.3) is 0 Å². The van der Waals surface area contributed by atoms with E-state index in [4.69, 9.17) is 10.5 Å². The molecule has 0 aliphatic rings. The van der Waals surface area contributed by atoms with Crippen LogP contribution in [0.2, 0.25) is 0 Å². The summed E-state index contributed by atoms with van der Waals surface area (Å²) in [6, 6.07) is 2.24. The molecule has 5 nitrogen and oxygen atoms in total. The lowest BCUT2D eigenvalue weighted by Gasteiger charge is -2.07. The van der Waals surface area contributed by atoms with Crippen LogP contribution in [-0.2, 0) is 13.2 Å². The number of nitrogens with zero attached hydrogens (tertiary/aromatic N) is 2. The number of ether oxygens (including phenoxy) is 1. The highest BCUT2D eigenvalue weighted by Crippen LogP contribution is 2.23. The first-order chi connectivity index (χ1) is 8.20. The van der Waals surface area contributed by atoms with Gasteiger partial charge in [0.15, 0.2) is 24.0 Å². The molecule has 0 atom stereocenters. The Morgan fingerprint density at radius 3 is 2.53 bits per heavy atom. The smallest absolute Gasteiger partial charge is 0.213 e. The molecule has 2 aromatic rings. The molecule has 0 fully saturated rings. The molecule has 2 rings (SSSR count). The van der Waals surface area contributed by atoms with Crippen molar-refractivity contribution in [3.05, 3.63) is 41.5 Å². The van der Waals surface area contributed by atoms with Gasteiger partial charge in [0.05, 0.1) is 0 Å². The second-order valence-electron chi connectivity index (χ2n) is 3.23. The third-order valence-corrected chi connectivity index (χ3v) is 2.05. The summed E-state index contributed by atoms with van der Waals surface area (Å²) in [6.07, 6.45) is 1.10. The molecule has 0 aliphatic heterocycles. The summed E-state index contributed by atoms with van der Waals surface area (Å²) in [5, 5.41) is 3.45. The van der Waals surface area contributed by atoms with Crippen LogP contribution in [0.4, 0.5) is 8.78 Å². The van der Waals surface area contributed by atoms with E-state index in [-0.39, 0.29) is 19.0 Å². The Labute approximate surface area is 95.2 Å². The summed E-state index contributed by atoms with van der Waals surface area (Å²) in [6.45, 7) is -0.120. The van der Waals surface area contributed by atoms with Crippen LogP contribution < -0.4 is 10.5 Å². The van der Waals surface area contributed by atoms with Crippen LogP contribution in [0, 0.1) is 11.6 Å². The van der Waals surface area contributed by atoms with Crippen molar-refractivity contribution in [3.8, 4) is 5.75 Å². The standard InChI is InChI=1S/C10H9F2N3O2/c11-7-1-6(3-13)2-8(12)10(7)16-4-9-14-5-17-15-9/h1-2,5H,3-4,13H2.